The molecule has 0 bridgehead atoms. The van der Waals surface area contributed by atoms with Crippen molar-refractivity contribution in [3.8, 4) is 0 Å². The Labute approximate surface area is 106 Å². The molecule has 0 aromatic heterocycles. The van der Waals surface area contributed by atoms with E-state index in [-0.39, 0.29) is 17.6 Å². The van der Waals surface area contributed by atoms with Crippen LogP contribution >= 0.6 is 0 Å². The lowest BCUT2D eigenvalue weighted by Gasteiger charge is -2.30. The van der Waals surface area contributed by atoms with E-state index in [4.69, 9.17) is 0 Å². The van der Waals surface area contributed by atoms with Crippen LogP contribution in [0.4, 0.5) is 8.78 Å². The second kappa shape index (κ2) is 6.81. The molecule has 0 aliphatic heterocycles. The Hall–Kier alpha value is -1.00. The van der Waals surface area contributed by atoms with Gasteiger partial charge in [0.2, 0.25) is 0 Å². The van der Waals surface area contributed by atoms with Crippen molar-refractivity contribution in [3.63, 3.8) is 0 Å². The van der Waals surface area contributed by atoms with E-state index in [0.717, 1.165) is 32.1 Å². The topological polar surface area (TPSA) is 46.2 Å². The van der Waals surface area contributed by atoms with E-state index in [2.05, 4.69) is 5.32 Å². The summed E-state index contributed by atoms with van der Waals surface area (Å²) in [6, 6.07) is -0.744. The zero-order valence-corrected chi connectivity index (χ0v) is 10.9. The highest BCUT2D eigenvalue weighted by Crippen LogP contribution is 2.28. The van der Waals surface area contributed by atoms with Crippen LogP contribution in [-0.2, 0) is 9.59 Å². The van der Waals surface area contributed by atoms with Gasteiger partial charge in [-0.2, -0.15) is 8.78 Å². The Morgan fingerprint density at radius 3 is 2.11 bits per heavy atom. The van der Waals surface area contributed by atoms with Crippen LogP contribution in [0.15, 0.2) is 0 Å². The van der Waals surface area contributed by atoms with Crippen LogP contribution in [0.2, 0.25) is 0 Å². The minimum atomic E-state index is -3.06. The van der Waals surface area contributed by atoms with Crippen molar-refractivity contribution < 1.29 is 18.4 Å². The maximum absolute atomic E-state index is 12.3. The largest absolute Gasteiger partial charge is 0.341 e. The van der Waals surface area contributed by atoms with Crippen LogP contribution < -0.4 is 5.32 Å². The fourth-order valence-corrected chi connectivity index (χ4v) is 2.46. The van der Waals surface area contributed by atoms with Crippen LogP contribution in [-0.4, -0.2) is 24.2 Å². The van der Waals surface area contributed by atoms with Crippen molar-refractivity contribution in [1.82, 2.24) is 5.32 Å². The summed E-state index contributed by atoms with van der Waals surface area (Å²) < 4.78 is 24.6. The van der Waals surface area contributed by atoms with E-state index >= 15 is 0 Å². The zero-order valence-electron chi connectivity index (χ0n) is 10.9. The lowest BCUT2D eigenvalue weighted by molar-refractivity contribution is -0.137. The number of hydrogen-bond acceptors (Lipinski definition) is 2. The summed E-state index contributed by atoms with van der Waals surface area (Å²) in [4.78, 5) is 23.2. The molecule has 1 amide bonds. The number of Topliss-reactive ketones (excluding diaryl/α,β-unsaturated/α-hetero) is 1. The highest BCUT2D eigenvalue weighted by atomic mass is 19.3. The molecule has 1 atom stereocenters. The lowest BCUT2D eigenvalue weighted by Crippen LogP contribution is -2.49. The predicted octanol–water partition coefficient (Wildman–Crippen LogP) is 2.54. The van der Waals surface area contributed by atoms with Crippen molar-refractivity contribution in [1.29, 1.82) is 0 Å². The molecular formula is C13H21F2NO2. The average Bonchev–Trinajstić information content (AvgIpc) is 2.35. The molecule has 1 N–H and O–H groups in total. The molecule has 18 heavy (non-hydrogen) atoms. The molecule has 0 aromatic carbocycles. The Bertz CT molecular complexity index is 299. The molecule has 1 rings (SSSR count). The van der Waals surface area contributed by atoms with Gasteiger partial charge >= 0.3 is 6.43 Å². The van der Waals surface area contributed by atoms with Crippen LogP contribution in [0.25, 0.3) is 0 Å². The van der Waals surface area contributed by atoms with E-state index in [1.165, 1.54) is 0 Å². The van der Waals surface area contributed by atoms with Gasteiger partial charge in [-0.1, -0.05) is 33.1 Å². The van der Waals surface area contributed by atoms with E-state index in [1.54, 1.807) is 13.8 Å². The van der Waals surface area contributed by atoms with Gasteiger partial charge in [-0.05, 0) is 18.8 Å². The number of ketones is 1. The molecule has 1 saturated carbocycles. The van der Waals surface area contributed by atoms with Gasteiger partial charge in [0.25, 0.3) is 5.91 Å². The second-order valence-electron chi connectivity index (χ2n) is 5.24. The molecule has 1 fully saturated rings. The van der Waals surface area contributed by atoms with Gasteiger partial charge in [0.05, 0.1) is 6.04 Å². The number of nitrogens with one attached hydrogen (secondary N) is 1. The molecule has 5 heteroatoms. The standard InChI is InChI=1S/C13H21F2NO2/c1-8(2)11(17)10(16-13(18)12(14)15)9-6-4-3-5-7-9/h8-10,12H,3-7H2,1-2H3,(H,16,18)/t10-/m1/s1. The monoisotopic (exact) mass is 261 g/mol. The fraction of sp³-hybridized carbons (Fsp3) is 0.846. The summed E-state index contributed by atoms with van der Waals surface area (Å²) in [6.07, 6.45) is 1.70. The van der Waals surface area contributed by atoms with Crippen molar-refractivity contribution in [3.05, 3.63) is 0 Å². The number of amides is 1. The first-order chi connectivity index (χ1) is 8.43. The number of rotatable bonds is 5. The summed E-state index contributed by atoms with van der Waals surface area (Å²) in [5.74, 6) is -1.72. The molecule has 0 spiro atoms. The quantitative estimate of drug-likeness (QED) is 0.826. The van der Waals surface area contributed by atoms with Crippen molar-refractivity contribution in [2.75, 3.05) is 0 Å². The van der Waals surface area contributed by atoms with E-state index < -0.39 is 18.4 Å². The maximum Gasteiger partial charge on any atom is 0.315 e. The normalized spacial score (nSPS) is 19.0. The van der Waals surface area contributed by atoms with E-state index in [9.17, 15) is 18.4 Å². The SMILES string of the molecule is CC(C)C(=O)[C@H](NC(=O)C(F)F)C1CCCCC1. The van der Waals surface area contributed by atoms with Gasteiger partial charge in [0.1, 0.15) is 0 Å². The molecule has 0 aromatic rings. The Balaban J connectivity index is 2.73. The predicted molar refractivity (Wildman–Crippen MR) is 64.4 cm³/mol. The zero-order chi connectivity index (χ0) is 13.7. The summed E-state index contributed by atoms with van der Waals surface area (Å²) in [7, 11) is 0. The first-order valence-corrected chi connectivity index (χ1v) is 6.55. The van der Waals surface area contributed by atoms with Gasteiger partial charge in [0.15, 0.2) is 5.78 Å². The first kappa shape index (κ1) is 15.1. The van der Waals surface area contributed by atoms with Gasteiger partial charge in [-0.25, -0.2) is 0 Å². The lowest BCUT2D eigenvalue weighted by atomic mass is 9.80. The summed E-state index contributed by atoms with van der Waals surface area (Å²) >= 11 is 0. The minimum Gasteiger partial charge on any atom is -0.341 e. The Kier molecular flexibility index (Phi) is 5.69. The number of carbonyl (C=O) groups excluding carboxylic acids is 2. The van der Waals surface area contributed by atoms with Crippen molar-refractivity contribution in [2.45, 2.75) is 58.4 Å². The van der Waals surface area contributed by atoms with Crippen molar-refractivity contribution in [2.24, 2.45) is 11.8 Å². The Morgan fingerprint density at radius 1 is 1.11 bits per heavy atom. The number of carbonyl (C=O) groups is 2. The highest BCUT2D eigenvalue weighted by molar-refractivity contribution is 5.91. The summed E-state index contributed by atoms with van der Waals surface area (Å²) in [6.45, 7) is 3.46. The first-order valence-electron chi connectivity index (χ1n) is 6.55. The van der Waals surface area contributed by atoms with Gasteiger partial charge in [0, 0.05) is 5.92 Å². The molecular weight excluding hydrogens is 240 g/mol. The van der Waals surface area contributed by atoms with E-state index in [0.29, 0.717) is 0 Å². The van der Waals surface area contributed by atoms with E-state index in [1.807, 2.05) is 0 Å². The third-order valence-electron chi connectivity index (χ3n) is 3.49. The second-order valence-corrected chi connectivity index (χ2v) is 5.24. The third kappa shape index (κ3) is 4.03. The summed E-state index contributed by atoms with van der Waals surface area (Å²) in [5, 5.41) is 2.23. The molecule has 0 saturated heterocycles. The van der Waals surface area contributed by atoms with Crippen LogP contribution in [0, 0.1) is 11.8 Å². The highest BCUT2D eigenvalue weighted by Gasteiger charge is 2.33. The van der Waals surface area contributed by atoms with Gasteiger partial charge in [-0.15, -0.1) is 0 Å². The molecule has 1 aliphatic carbocycles. The molecule has 0 heterocycles. The van der Waals surface area contributed by atoms with Crippen molar-refractivity contribution >= 4 is 11.7 Å². The minimum absolute atomic E-state index is 0.0105. The molecule has 1 aliphatic rings. The Morgan fingerprint density at radius 2 is 1.67 bits per heavy atom. The molecule has 104 valence electrons. The average molecular weight is 261 g/mol. The maximum atomic E-state index is 12.3. The molecule has 0 radical (unpaired) electrons. The number of halogens is 2. The number of hydrogen-bond donors (Lipinski definition) is 1. The van der Waals surface area contributed by atoms with Gasteiger partial charge < -0.3 is 5.32 Å². The summed E-state index contributed by atoms with van der Waals surface area (Å²) in [5.41, 5.74) is 0. The van der Waals surface area contributed by atoms with Crippen LogP contribution in [0.1, 0.15) is 46.0 Å². The third-order valence-corrected chi connectivity index (χ3v) is 3.49. The fourth-order valence-electron chi connectivity index (χ4n) is 2.46. The molecule has 3 nitrogen and oxygen atoms in total. The van der Waals surface area contributed by atoms with Crippen LogP contribution in [0.5, 0.6) is 0 Å². The van der Waals surface area contributed by atoms with Gasteiger partial charge in [-0.3, -0.25) is 9.59 Å². The van der Waals surface area contributed by atoms with Crippen LogP contribution in [0.3, 0.4) is 0 Å². The molecule has 0 unspecified atom stereocenters. The smallest absolute Gasteiger partial charge is 0.315 e. The number of alkyl halides is 2.